The molecule has 5 nitrogen and oxygen atoms in total. The minimum absolute atomic E-state index is 0.0129. The number of aromatic nitrogens is 1. The van der Waals surface area contributed by atoms with Crippen LogP contribution in [0.4, 0.5) is 0 Å². The fourth-order valence-electron chi connectivity index (χ4n) is 1.65. The van der Waals surface area contributed by atoms with Crippen LogP contribution < -0.4 is 5.32 Å². The summed E-state index contributed by atoms with van der Waals surface area (Å²) in [5.74, 6) is -0.296. The van der Waals surface area contributed by atoms with Crippen molar-refractivity contribution in [1.29, 1.82) is 0 Å². The Morgan fingerprint density at radius 3 is 2.81 bits per heavy atom. The third kappa shape index (κ3) is 2.57. The van der Waals surface area contributed by atoms with Gasteiger partial charge in [0.15, 0.2) is 0 Å². The van der Waals surface area contributed by atoms with E-state index in [2.05, 4.69) is 10.3 Å². The summed E-state index contributed by atoms with van der Waals surface area (Å²) in [7, 11) is 0. The van der Waals surface area contributed by atoms with E-state index in [1.165, 1.54) is 11.3 Å². The maximum atomic E-state index is 11.6. The van der Waals surface area contributed by atoms with Gasteiger partial charge in [0.2, 0.25) is 5.91 Å². The molecule has 0 spiro atoms. The van der Waals surface area contributed by atoms with E-state index in [0.29, 0.717) is 5.69 Å². The minimum Gasteiger partial charge on any atom is -0.342 e. The molecule has 2 amide bonds. The highest BCUT2D eigenvalue weighted by molar-refractivity contribution is 7.07. The number of hydrogen-bond donors (Lipinski definition) is 1. The van der Waals surface area contributed by atoms with Crippen molar-refractivity contribution in [2.45, 2.75) is 12.8 Å². The summed E-state index contributed by atoms with van der Waals surface area (Å²) < 4.78 is 0. The quantitative estimate of drug-likeness (QED) is 0.835. The summed E-state index contributed by atoms with van der Waals surface area (Å²) in [5.41, 5.74) is 1.97. The highest BCUT2D eigenvalue weighted by Gasteiger charge is 2.18. The highest BCUT2D eigenvalue weighted by atomic mass is 32.1. The molecule has 0 bridgehead atoms. The summed E-state index contributed by atoms with van der Waals surface area (Å²) in [6, 6.07) is 0. The fourth-order valence-corrected chi connectivity index (χ4v) is 2.18. The Labute approximate surface area is 97.5 Å². The predicted octanol–water partition coefficient (Wildman–Crippen LogP) is 0.495. The van der Waals surface area contributed by atoms with Gasteiger partial charge in [-0.05, 0) is 12.8 Å². The molecule has 1 N–H and O–H groups in total. The second kappa shape index (κ2) is 5.07. The van der Waals surface area contributed by atoms with Crippen LogP contribution in [0.5, 0.6) is 0 Å². The lowest BCUT2D eigenvalue weighted by Crippen LogP contribution is -2.38. The van der Waals surface area contributed by atoms with Gasteiger partial charge in [-0.25, -0.2) is 4.98 Å². The lowest BCUT2D eigenvalue weighted by molar-refractivity contribution is -0.129. The molecule has 2 heterocycles. The molecule has 1 aromatic heterocycles. The maximum absolute atomic E-state index is 11.6. The average Bonchev–Trinajstić information content (AvgIpc) is 2.95. The van der Waals surface area contributed by atoms with Crippen LogP contribution in [0.2, 0.25) is 0 Å². The molecule has 0 aromatic carbocycles. The zero-order valence-corrected chi connectivity index (χ0v) is 9.63. The normalized spacial score (nSPS) is 15.1. The predicted molar refractivity (Wildman–Crippen MR) is 60.3 cm³/mol. The van der Waals surface area contributed by atoms with Crippen LogP contribution in [0.15, 0.2) is 10.9 Å². The number of nitrogens with one attached hydrogen (secondary N) is 1. The van der Waals surface area contributed by atoms with Gasteiger partial charge < -0.3 is 10.2 Å². The van der Waals surface area contributed by atoms with Crippen LogP contribution in [-0.4, -0.2) is 41.3 Å². The molecule has 0 aliphatic carbocycles. The molecule has 16 heavy (non-hydrogen) atoms. The zero-order chi connectivity index (χ0) is 11.4. The lowest BCUT2D eigenvalue weighted by Gasteiger charge is -2.14. The molecule has 0 unspecified atom stereocenters. The van der Waals surface area contributed by atoms with Crippen molar-refractivity contribution in [3.63, 3.8) is 0 Å². The van der Waals surface area contributed by atoms with Gasteiger partial charge >= 0.3 is 0 Å². The van der Waals surface area contributed by atoms with Crippen molar-refractivity contribution in [1.82, 2.24) is 15.2 Å². The Hall–Kier alpha value is -1.43. The third-order valence-corrected chi connectivity index (χ3v) is 3.11. The number of carbonyl (C=O) groups excluding carboxylic acids is 2. The van der Waals surface area contributed by atoms with E-state index < -0.39 is 0 Å². The first-order chi connectivity index (χ1) is 7.77. The topological polar surface area (TPSA) is 62.3 Å². The van der Waals surface area contributed by atoms with Crippen LogP contribution in [0.1, 0.15) is 23.3 Å². The molecule has 1 aromatic rings. The molecule has 0 saturated carbocycles. The summed E-state index contributed by atoms with van der Waals surface area (Å²) in [6.45, 7) is 1.69. The maximum Gasteiger partial charge on any atom is 0.271 e. The minimum atomic E-state index is -0.284. The molecule has 0 radical (unpaired) electrons. The van der Waals surface area contributed by atoms with E-state index in [-0.39, 0.29) is 18.4 Å². The van der Waals surface area contributed by atoms with Crippen LogP contribution >= 0.6 is 11.3 Å². The van der Waals surface area contributed by atoms with Gasteiger partial charge in [-0.2, -0.15) is 0 Å². The molecule has 2 rings (SSSR count). The van der Waals surface area contributed by atoms with Gasteiger partial charge in [0.1, 0.15) is 5.69 Å². The number of amides is 2. The molecule has 86 valence electrons. The van der Waals surface area contributed by atoms with Crippen LogP contribution in [-0.2, 0) is 4.79 Å². The first-order valence-electron chi connectivity index (χ1n) is 5.21. The highest BCUT2D eigenvalue weighted by Crippen LogP contribution is 2.07. The van der Waals surface area contributed by atoms with Crippen molar-refractivity contribution in [3.05, 3.63) is 16.6 Å². The van der Waals surface area contributed by atoms with E-state index >= 15 is 0 Å². The Bertz CT molecular complexity index is 371. The molecular weight excluding hydrogens is 226 g/mol. The number of likely N-dealkylation sites (tertiary alicyclic amines) is 1. The standard InChI is InChI=1S/C10H13N3O2S/c14-9(13-3-1-2-4-13)5-11-10(15)8-6-16-7-12-8/h6-7H,1-5H2,(H,11,15). The Morgan fingerprint density at radius 2 is 2.19 bits per heavy atom. The van der Waals surface area contributed by atoms with Gasteiger partial charge in [-0.1, -0.05) is 0 Å². The van der Waals surface area contributed by atoms with Crippen molar-refractivity contribution >= 4 is 23.2 Å². The SMILES string of the molecule is O=C(NCC(=O)N1CCCC1)c1cscn1. The number of hydrogen-bond acceptors (Lipinski definition) is 4. The van der Waals surface area contributed by atoms with Gasteiger partial charge in [-0.15, -0.1) is 11.3 Å². The van der Waals surface area contributed by atoms with Crippen LogP contribution in [0, 0.1) is 0 Å². The van der Waals surface area contributed by atoms with E-state index in [1.807, 2.05) is 0 Å². The Kier molecular flexibility index (Phi) is 3.51. The second-order valence-electron chi connectivity index (χ2n) is 3.64. The largest absolute Gasteiger partial charge is 0.342 e. The molecule has 1 saturated heterocycles. The first-order valence-corrected chi connectivity index (χ1v) is 6.16. The number of nitrogens with zero attached hydrogens (tertiary/aromatic N) is 2. The Morgan fingerprint density at radius 1 is 1.44 bits per heavy atom. The second-order valence-corrected chi connectivity index (χ2v) is 4.36. The zero-order valence-electron chi connectivity index (χ0n) is 8.81. The number of thiazole rings is 1. The van der Waals surface area contributed by atoms with Crippen LogP contribution in [0.25, 0.3) is 0 Å². The number of carbonyl (C=O) groups is 2. The fraction of sp³-hybridized carbons (Fsp3) is 0.500. The van der Waals surface area contributed by atoms with Gasteiger partial charge in [0.25, 0.3) is 5.91 Å². The van der Waals surface area contributed by atoms with Crippen molar-refractivity contribution in [3.8, 4) is 0 Å². The van der Waals surface area contributed by atoms with E-state index in [9.17, 15) is 9.59 Å². The summed E-state index contributed by atoms with van der Waals surface area (Å²) in [4.78, 5) is 28.8. The molecular formula is C10H13N3O2S. The first kappa shape index (κ1) is 11.1. The van der Waals surface area contributed by atoms with Gasteiger partial charge in [0, 0.05) is 18.5 Å². The molecule has 0 atom stereocenters. The lowest BCUT2D eigenvalue weighted by atomic mass is 10.4. The summed E-state index contributed by atoms with van der Waals surface area (Å²) in [5, 5.41) is 4.24. The van der Waals surface area contributed by atoms with Gasteiger partial charge in [0.05, 0.1) is 12.1 Å². The molecule has 6 heteroatoms. The summed E-state index contributed by atoms with van der Waals surface area (Å²) in [6.07, 6.45) is 2.12. The average molecular weight is 239 g/mol. The van der Waals surface area contributed by atoms with E-state index in [1.54, 1.807) is 15.8 Å². The molecule has 1 fully saturated rings. The summed E-state index contributed by atoms with van der Waals surface area (Å²) >= 11 is 1.36. The van der Waals surface area contributed by atoms with Crippen molar-refractivity contribution < 1.29 is 9.59 Å². The Balaban J connectivity index is 1.79. The number of rotatable bonds is 3. The third-order valence-electron chi connectivity index (χ3n) is 2.52. The van der Waals surface area contributed by atoms with Gasteiger partial charge in [-0.3, -0.25) is 9.59 Å². The molecule has 1 aliphatic heterocycles. The van der Waals surface area contributed by atoms with Crippen molar-refractivity contribution in [2.24, 2.45) is 0 Å². The molecule has 1 aliphatic rings. The van der Waals surface area contributed by atoms with E-state index in [4.69, 9.17) is 0 Å². The van der Waals surface area contributed by atoms with Crippen molar-refractivity contribution in [2.75, 3.05) is 19.6 Å². The van der Waals surface area contributed by atoms with E-state index in [0.717, 1.165) is 25.9 Å². The van der Waals surface area contributed by atoms with Crippen LogP contribution in [0.3, 0.4) is 0 Å². The monoisotopic (exact) mass is 239 g/mol. The smallest absolute Gasteiger partial charge is 0.271 e.